The third kappa shape index (κ3) is 4.28. The summed E-state index contributed by atoms with van der Waals surface area (Å²) in [6.45, 7) is 0. The fourth-order valence-corrected chi connectivity index (χ4v) is 0.754. The molecular weight excluding hydrogens is 236 g/mol. The summed E-state index contributed by atoms with van der Waals surface area (Å²) in [6, 6.07) is 0. The number of rotatable bonds is 0. The van der Waals surface area contributed by atoms with Gasteiger partial charge in [-0.3, -0.25) is 9.78 Å². The molecule has 0 aliphatic heterocycles. The van der Waals surface area contributed by atoms with Crippen molar-refractivity contribution in [1.29, 1.82) is 0 Å². The second-order valence-electron chi connectivity index (χ2n) is 2.36. The van der Waals surface area contributed by atoms with Gasteiger partial charge in [-0.25, -0.2) is 0 Å². The molecule has 0 saturated heterocycles. The quantitative estimate of drug-likeness (QED) is 0.524. The lowest BCUT2D eigenvalue weighted by Crippen LogP contribution is -2.10. The fourth-order valence-electron chi connectivity index (χ4n) is 0.623. The number of halogens is 1. The molecule has 5 N–H and O–H groups in total. The summed E-state index contributed by atoms with van der Waals surface area (Å²) in [5.41, 5.74) is 9.78. The van der Waals surface area contributed by atoms with E-state index in [4.69, 9.17) is 23.1 Å². The van der Waals surface area contributed by atoms with Crippen molar-refractivity contribution in [2.24, 2.45) is 0 Å². The van der Waals surface area contributed by atoms with Crippen molar-refractivity contribution in [3.8, 4) is 0 Å². The van der Waals surface area contributed by atoms with Crippen LogP contribution in [-0.4, -0.2) is 30.4 Å². The van der Waals surface area contributed by atoms with Gasteiger partial charge in [0.2, 0.25) is 11.9 Å². The molecule has 2 rings (SSSR count). The standard InChI is InChI=1S/C3H3ClN4.C3H4N4O/c4-2-1-6-8-3(5)7-2;4-3-6-2(8)1-5-7-3/h1H,(H2,5,7,8);1H,(H3,4,6,7,8). The van der Waals surface area contributed by atoms with Crippen LogP contribution in [0.25, 0.3) is 0 Å². The minimum absolute atomic E-state index is 0.0394. The van der Waals surface area contributed by atoms with E-state index in [0.717, 1.165) is 6.20 Å². The van der Waals surface area contributed by atoms with Crippen molar-refractivity contribution in [2.45, 2.75) is 0 Å². The average Bonchev–Trinajstić information content (AvgIpc) is 2.17. The smallest absolute Gasteiger partial charge is 0.271 e. The Kier molecular flexibility index (Phi) is 4.09. The summed E-state index contributed by atoms with van der Waals surface area (Å²) < 4.78 is 0. The van der Waals surface area contributed by atoms with Crippen molar-refractivity contribution >= 4 is 23.5 Å². The summed E-state index contributed by atoms with van der Waals surface area (Å²) in [7, 11) is 0. The molecule has 16 heavy (non-hydrogen) atoms. The van der Waals surface area contributed by atoms with Crippen LogP contribution in [0.2, 0.25) is 5.15 Å². The monoisotopic (exact) mass is 242 g/mol. The lowest BCUT2D eigenvalue weighted by molar-refractivity contribution is 0.960. The molecule has 0 aliphatic carbocycles. The zero-order valence-electron chi connectivity index (χ0n) is 7.83. The highest BCUT2D eigenvalue weighted by atomic mass is 35.5. The van der Waals surface area contributed by atoms with Crippen molar-refractivity contribution in [3.05, 3.63) is 27.9 Å². The summed E-state index contributed by atoms with van der Waals surface area (Å²) in [5.74, 6) is 0.134. The molecule has 0 amide bonds. The van der Waals surface area contributed by atoms with Crippen LogP contribution in [0, 0.1) is 0 Å². The van der Waals surface area contributed by atoms with E-state index >= 15 is 0 Å². The van der Waals surface area contributed by atoms with E-state index in [0.29, 0.717) is 0 Å². The summed E-state index contributed by atoms with van der Waals surface area (Å²) in [6.07, 6.45) is 2.37. The minimum Gasteiger partial charge on any atom is -0.368 e. The van der Waals surface area contributed by atoms with Crippen LogP contribution in [0.3, 0.4) is 0 Å². The van der Waals surface area contributed by atoms with Crippen LogP contribution in [0.1, 0.15) is 0 Å². The molecule has 2 heterocycles. The number of aromatic nitrogens is 6. The van der Waals surface area contributed by atoms with Gasteiger partial charge < -0.3 is 11.5 Å². The van der Waals surface area contributed by atoms with Gasteiger partial charge in [-0.15, -0.1) is 15.3 Å². The van der Waals surface area contributed by atoms with Gasteiger partial charge in [0, 0.05) is 0 Å². The number of anilines is 2. The third-order valence-corrected chi connectivity index (χ3v) is 1.32. The largest absolute Gasteiger partial charge is 0.368 e. The summed E-state index contributed by atoms with van der Waals surface area (Å²) >= 11 is 5.35. The van der Waals surface area contributed by atoms with Gasteiger partial charge in [-0.1, -0.05) is 11.6 Å². The third-order valence-electron chi connectivity index (χ3n) is 1.14. The molecule has 0 atom stereocenters. The Labute approximate surface area is 93.9 Å². The predicted octanol–water partition coefficient (Wildman–Crippen LogP) is -1.15. The lowest BCUT2D eigenvalue weighted by atomic mass is 10.8. The number of nitrogen functional groups attached to an aromatic ring is 2. The van der Waals surface area contributed by atoms with Gasteiger partial charge in [0.25, 0.3) is 5.56 Å². The zero-order chi connectivity index (χ0) is 12.0. The fraction of sp³-hybridized carbons (Fsp3) is 0. The molecule has 0 unspecified atom stereocenters. The average molecular weight is 243 g/mol. The number of H-pyrrole nitrogens is 1. The molecule has 0 saturated carbocycles. The Morgan fingerprint density at radius 3 is 2.25 bits per heavy atom. The van der Waals surface area contributed by atoms with Crippen LogP contribution in [-0.2, 0) is 0 Å². The van der Waals surface area contributed by atoms with Crippen molar-refractivity contribution < 1.29 is 0 Å². The van der Waals surface area contributed by atoms with Crippen LogP contribution in [0.5, 0.6) is 0 Å². The Hall–Kier alpha value is -2.29. The van der Waals surface area contributed by atoms with Gasteiger partial charge in [0.1, 0.15) is 6.20 Å². The topological polar surface area (TPSA) is 149 Å². The normalized spacial score (nSPS) is 9.06. The molecule has 2 aromatic heterocycles. The first kappa shape index (κ1) is 11.8. The maximum atomic E-state index is 10.3. The highest BCUT2D eigenvalue weighted by Crippen LogP contribution is 1.98. The highest BCUT2D eigenvalue weighted by molar-refractivity contribution is 6.29. The molecule has 0 fully saturated rings. The van der Waals surface area contributed by atoms with Crippen molar-refractivity contribution in [3.63, 3.8) is 0 Å². The molecule has 84 valence electrons. The Bertz CT molecular complexity index is 496. The second kappa shape index (κ2) is 5.56. The summed E-state index contributed by atoms with van der Waals surface area (Å²) in [4.78, 5) is 16.0. The van der Waals surface area contributed by atoms with Gasteiger partial charge >= 0.3 is 0 Å². The van der Waals surface area contributed by atoms with Crippen molar-refractivity contribution in [2.75, 3.05) is 11.5 Å². The number of hydrogen-bond donors (Lipinski definition) is 3. The molecule has 0 bridgehead atoms. The number of nitrogens with zero attached hydrogens (tertiary/aromatic N) is 5. The van der Waals surface area contributed by atoms with E-state index in [-0.39, 0.29) is 22.6 Å². The Morgan fingerprint density at radius 1 is 1.19 bits per heavy atom. The molecule has 0 aliphatic rings. The van der Waals surface area contributed by atoms with Crippen LogP contribution < -0.4 is 17.0 Å². The van der Waals surface area contributed by atoms with Crippen LogP contribution in [0.15, 0.2) is 17.2 Å². The van der Waals surface area contributed by atoms with E-state index in [1.165, 1.54) is 6.20 Å². The molecule has 0 radical (unpaired) electrons. The SMILES string of the molecule is Nc1nncc(=O)[nH]1.Nc1nncc(Cl)n1. The molecule has 0 aromatic carbocycles. The van der Waals surface area contributed by atoms with Gasteiger partial charge in [-0.05, 0) is 0 Å². The van der Waals surface area contributed by atoms with Crippen LogP contribution in [0.4, 0.5) is 11.9 Å². The van der Waals surface area contributed by atoms with E-state index in [1.807, 2.05) is 0 Å². The van der Waals surface area contributed by atoms with E-state index in [2.05, 4.69) is 30.4 Å². The van der Waals surface area contributed by atoms with Gasteiger partial charge in [0.05, 0.1) is 6.20 Å². The van der Waals surface area contributed by atoms with Crippen LogP contribution >= 0.6 is 11.6 Å². The maximum Gasteiger partial charge on any atom is 0.271 e. The zero-order valence-corrected chi connectivity index (χ0v) is 8.59. The first-order valence-corrected chi connectivity index (χ1v) is 4.24. The van der Waals surface area contributed by atoms with E-state index < -0.39 is 0 Å². The number of hydrogen-bond acceptors (Lipinski definition) is 8. The predicted molar refractivity (Wildman–Crippen MR) is 56.3 cm³/mol. The number of nitrogens with two attached hydrogens (primary N) is 2. The van der Waals surface area contributed by atoms with Crippen molar-refractivity contribution in [1.82, 2.24) is 30.4 Å². The summed E-state index contributed by atoms with van der Waals surface area (Å²) in [5, 5.41) is 13.6. The van der Waals surface area contributed by atoms with E-state index in [9.17, 15) is 4.79 Å². The van der Waals surface area contributed by atoms with Gasteiger partial charge in [0.15, 0.2) is 5.15 Å². The Morgan fingerprint density at radius 2 is 1.88 bits per heavy atom. The molecule has 9 nitrogen and oxygen atoms in total. The van der Waals surface area contributed by atoms with E-state index in [1.54, 1.807) is 0 Å². The Balaban J connectivity index is 0.000000160. The van der Waals surface area contributed by atoms with Gasteiger partial charge in [-0.2, -0.15) is 10.1 Å². The molecule has 0 spiro atoms. The first-order chi connectivity index (χ1) is 7.58. The highest BCUT2D eigenvalue weighted by Gasteiger charge is 1.88. The lowest BCUT2D eigenvalue weighted by Gasteiger charge is -1.85. The molecule has 10 heteroatoms. The maximum absolute atomic E-state index is 10.3. The molecular formula is C6H7ClN8O. The second-order valence-corrected chi connectivity index (χ2v) is 2.74. The number of nitrogens with one attached hydrogen (secondary N) is 1. The minimum atomic E-state index is -0.336. The number of aromatic amines is 1. The molecule has 2 aromatic rings. The first-order valence-electron chi connectivity index (χ1n) is 3.86.